The predicted octanol–water partition coefficient (Wildman–Crippen LogP) is 3.11. The predicted molar refractivity (Wildman–Crippen MR) is 92.9 cm³/mol. The Bertz CT molecular complexity index is 739. The molecule has 0 spiro atoms. The maximum atomic E-state index is 12.2. The average molecular weight is 344 g/mol. The van der Waals surface area contributed by atoms with E-state index in [4.69, 9.17) is 4.74 Å². The van der Waals surface area contributed by atoms with Crippen LogP contribution < -0.4 is 4.90 Å². The normalized spacial score (nSPS) is 17.3. The second-order valence-electron chi connectivity index (χ2n) is 5.93. The lowest BCUT2D eigenvalue weighted by molar-refractivity contribution is -0.149. The summed E-state index contributed by atoms with van der Waals surface area (Å²) in [6.07, 6.45) is 1.07. The Morgan fingerprint density at radius 3 is 2.79 bits per heavy atom. The van der Waals surface area contributed by atoms with E-state index in [9.17, 15) is 9.59 Å². The molecule has 2 heterocycles. The standard InChI is InChI=1S/C18H20N2O3S/c1-3-16-19-14(11-24-16)10-23-18(22)13-8-17(21)20(9-13)15-6-4-12(2)5-7-15/h4-7,11,13H,3,8-10H2,1-2H3/t13-/m0/s1. The number of aromatic nitrogens is 1. The van der Waals surface area contributed by atoms with Gasteiger partial charge in [-0.1, -0.05) is 24.6 Å². The molecule has 1 fully saturated rings. The highest BCUT2D eigenvalue weighted by molar-refractivity contribution is 7.09. The largest absolute Gasteiger partial charge is 0.459 e. The van der Waals surface area contributed by atoms with E-state index < -0.39 is 5.92 Å². The van der Waals surface area contributed by atoms with E-state index in [2.05, 4.69) is 4.98 Å². The van der Waals surface area contributed by atoms with Gasteiger partial charge in [-0.15, -0.1) is 11.3 Å². The number of esters is 1. The lowest BCUT2D eigenvalue weighted by atomic mass is 10.1. The summed E-state index contributed by atoms with van der Waals surface area (Å²) in [5.41, 5.74) is 2.73. The first-order valence-electron chi connectivity index (χ1n) is 8.03. The van der Waals surface area contributed by atoms with Crippen molar-refractivity contribution in [2.75, 3.05) is 11.4 Å². The molecule has 0 unspecified atom stereocenters. The molecule has 1 aliphatic heterocycles. The molecule has 2 aromatic rings. The van der Waals surface area contributed by atoms with E-state index in [0.29, 0.717) is 6.54 Å². The number of carbonyl (C=O) groups is 2. The van der Waals surface area contributed by atoms with Crippen molar-refractivity contribution in [2.24, 2.45) is 5.92 Å². The van der Waals surface area contributed by atoms with Gasteiger partial charge in [-0.05, 0) is 25.5 Å². The van der Waals surface area contributed by atoms with Crippen molar-refractivity contribution in [1.29, 1.82) is 0 Å². The molecule has 3 rings (SSSR count). The topological polar surface area (TPSA) is 59.5 Å². The number of aryl methyl sites for hydroxylation is 2. The maximum Gasteiger partial charge on any atom is 0.311 e. The molecule has 1 aromatic heterocycles. The number of amides is 1. The summed E-state index contributed by atoms with van der Waals surface area (Å²) in [6.45, 7) is 4.58. The number of nitrogens with zero attached hydrogens (tertiary/aromatic N) is 2. The van der Waals surface area contributed by atoms with E-state index in [1.165, 1.54) is 0 Å². The monoisotopic (exact) mass is 344 g/mol. The van der Waals surface area contributed by atoms with Gasteiger partial charge in [0.2, 0.25) is 5.91 Å². The van der Waals surface area contributed by atoms with Crippen LogP contribution in [0.25, 0.3) is 0 Å². The van der Waals surface area contributed by atoms with Gasteiger partial charge in [0.1, 0.15) is 6.61 Å². The first-order valence-corrected chi connectivity index (χ1v) is 8.91. The van der Waals surface area contributed by atoms with E-state index >= 15 is 0 Å². The van der Waals surface area contributed by atoms with Gasteiger partial charge in [0.15, 0.2) is 0 Å². The second kappa shape index (κ2) is 7.13. The molecule has 1 amide bonds. The third-order valence-corrected chi connectivity index (χ3v) is 5.11. The van der Waals surface area contributed by atoms with Crippen LogP contribution in [0, 0.1) is 12.8 Å². The SMILES string of the molecule is CCc1nc(COC(=O)[C@H]2CC(=O)N(c3ccc(C)cc3)C2)cs1. The Labute approximate surface area is 145 Å². The molecule has 6 heteroatoms. The summed E-state index contributed by atoms with van der Waals surface area (Å²) in [6, 6.07) is 7.73. The first kappa shape index (κ1) is 16.6. The molecule has 0 bridgehead atoms. The lowest BCUT2D eigenvalue weighted by Crippen LogP contribution is -2.26. The maximum absolute atomic E-state index is 12.2. The molecule has 126 valence electrons. The summed E-state index contributed by atoms with van der Waals surface area (Å²) in [4.78, 5) is 30.5. The van der Waals surface area contributed by atoms with Gasteiger partial charge in [-0.2, -0.15) is 0 Å². The van der Waals surface area contributed by atoms with Gasteiger partial charge >= 0.3 is 5.97 Å². The van der Waals surface area contributed by atoms with Crippen molar-refractivity contribution in [3.63, 3.8) is 0 Å². The van der Waals surface area contributed by atoms with Crippen molar-refractivity contribution >= 4 is 28.9 Å². The lowest BCUT2D eigenvalue weighted by Gasteiger charge is -2.16. The molecular weight excluding hydrogens is 324 g/mol. The Balaban J connectivity index is 1.58. The zero-order valence-electron chi connectivity index (χ0n) is 13.8. The van der Waals surface area contributed by atoms with E-state index in [-0.39, 0.29) is 24.9 Å². The Morgan fingerprint density at radius 2 is 2.12 bits per heavy atom. The highest BCUT2D eigenvalue weighted by Crippen LogP contribution is 2.26. The van der Waals surface area contributed by atoms with Crippen LogP contribution >= 0.6 is 11.3 Å². The van der Waals surface area contributed by atoms with Crippen LogP contribution in [0.15, 0.2) is 29.6 Å². The fourth-order valence-corrected chi connectivity index (χ4v) is 3.41. The third-order valence-electron chi connectivity index (χ3n) is 4.07. The number of benzene rings is 1. The van der Waals surface area contributed by atoms with Gasteiger partial charge in [-0.3, -0.25) is 9.59 Å². The highest BCUT2D eigenvalue weighted by atomic mass is 32.1. The first-order chi connectivity index (χ1) is 11.6. The van der Waals surface area contributed by atoms with E-state index in [0.717, 1.165) is 28.4 Å². The minimum absolute atomic E-state index is 0.0391. The molecule has 1 aliphatic rings. The average Bonchev–Trinajstić information content (AvgIpc) is 3.20. The van der Waals surface area contributed by atoms with E-state index in [1.54, 1.807) is 16.2 Å². The summed E-state index contributed by atoms with van der Waals surface area (Å²) >= 11 is 1.57. The van der Waals surface area contributed by atoms with Crippen LogP contribution in [-0.2, 0) is 27.4 Å². The Morgan fingerprint density at radius 1 is 1.38 bits per heavy atom. The zero-order chi connectivity index (χ0) is 17.1. The van der Waals surface area contributed by atoms with Gasteiger partial charge in [0, 0.05) is 24.0 Å². The summed E-state index contributed by atoms with van der Waals surface area (Å²) < 4.78 is 5.35. The number of thiazole rings is 1. The molecule has 0 radical (unpaired) electrons. The van der Waals surface area contributed by atoms with Gasteiger partial charge in [0.05, 0.1) is 16.6 Å². The molecule has 1 aromatic carbocycles. The summed E-state index contributed by atoms with van der Waals surface area (Å²) in [5.74, 6) is -0.783. The van der Waals surface area contributed by atoms with Crippen LogP contribution in [0.1, 0.15) is 29.6 Å². The molecule has 1 atom stereocenters. The Kier molecular flexibility index (Phi) is 4.94. The number of anilines is 1. The fourth-order valence-electron chi connectivity index (χ4n) is 2.68. The van der Waals surface area contributed by atoms with Crippen molar-refractivity contribution in [1.82, 2.24) is 4.98 Å². The van der Waals surface area contributed by atoms with Crippen molar-refractivity contribution < 1.29 is 14.3 Å². The Hall–Kier alpha value is -2.21. The number of hydrogen-bond acceptors (Lipinski definition) is 5. The number of carbonyl (C=O) groups excluding carboxylic acids is 2. The van der Waals surface area contributed by atoms with Crippen LogP contribution in [0.4, 0.5) is 5.69 Å². The minimum atomic E-state index is -0.414. The van der Waals surface area contributed by atoms with Crippen LogP contribution in [0.2, 0.25) is 0 Å². The molecule has 0 N–H and O–H groups in total. The van der Waals surface area contributed by atoms with Crippen molar-refractivity contribution in [2.45, 2.75) is 33.3 Å². The molecule has 5 nitrogen and oxygen atoms in total. The second-order valence-corrected chi connectivity index (χ2v) is 6.88. The van der Waals surface area contributed by atoms with Crippen molar-refractivity contribution in [3.05, 3.63) is 45.9 Å². The molecular formula is C18H20N2O3S. The molecule has 0 saturated carbocycles. The van der Waals surface area contributed by atoms with Gasteiger partial charge in [-0.25, -0.2) is 4.98 Å². The van der Waals surface area contributed by atoms with Crippen molar-refractivity contribution in [3.8, 4) is 0 Å². The van der Waals surface area contributed by atoms with Crippen LogP contribution in [0.5, 0.6) is 0 Å². The molecule has 24 heavy (non-hydrogen) atoms. The quantitative estimate of drug-likeness (QED) is 0.782. The van der Waals surface area contributed by atoms with Gasteiger partial charge in [0.25, 0.3) is 0 Å². The highest BCUT2D eigenvalue weighted by Gasteiger charge is 2.36. The number of ether oxygens (including phenoxy) is 1. The number of hydrogen-bond donors (Lipinski definition) is 0. The van der Waals surface area contributed by atoms with Crippen LogP contribution in [-0.4, -0.2) is 23.4 Å². The van der Waals surface area contributed by atoms with E-state index in [1.807, 2.05) is 43.5 Å². The number of rotatable bonds is 5. The summed E-state index contributed by atoms with van der Waals surface area (Å²) in [7, 11) is 0. The smallest absolute Gasteiger partial charge is 0.311 e. The minimum Gasteiger partial charge on any atom is -0.459 e. The van der Waals surface area contributed by atoms with Gasteiger partial charge < -0.3 is 9.64 Å². The fraction of sp³-hybridized carbons (Fsp3) is 0.389. The zero-order valence-corrected chi connectivity index (χ0v) is 14.6. The third kappa shape index (κ3) is 3.64. The molecule has 1 saturated heterocycles. The van der Waals surface area contributed by atoms with Crippen LogP contribution in [0.3, 0.4) is 0 Å². The molecule has 0 aliphatic carbocycles. The summed E-state index contributed by atoms with van der Waals surface area (Å²) in [5, 5.41) is 2.94.